The molecule has 0 unspecified atom stereocenters. The zero-order chi connectivity index (χ0) is 24.0. The van der Waals surface area contributed by atoms with Crippen LogP contribution < -0.4 is 14.8 Å². The lowest BCUT2D eigenvalue weighted by molar-refractivity contribution is 0.104. The van der Waals surface area contributed by atoms with Crippen LogP contribution in [0, 0.1) is 0 Å². The Morgan fingerprint density at radius 3 is 2.38 bits per heavy atom. The number of hydrogen-bond donors (Lipinski definition) is 2. The Labute approximate surface area is 197 Å². The van der Waals surface area contributed by atoms with Gasteiger partial charge in [-0.15, -0.1) is 0 Å². The van der Waals surface area contributed by atoms with Gasteiger partial charge in [-0.1, -0.05) is 12.1 Å². The van der Waals surface area contributed by atoms with Crippen molar-refractivity contribution in [2.24, 2.45) is 0 Å². The van der Waals surface area contributed by atoms with E-state index in [1.165, 1.54) is 30.6 Å². The maximum absolute atomic E-state index is 12.7. The molecule has 0 radical (unpaired) electrons. The molecule has 4 aromatic rings. The lowest BCUT2D eigenvalue weighted by Gasteiger charge is -2.08. The number of sulfonamides is 1. The van der Waals surface area contributed by atoms with Gasteiger partial charge in [-0.3, -0.25) is 14.5 Å². The van der Waals surface area contributed by atoms with Gasteiger partial charge >= 0.3 is 0 Å². The molecule has 172 valence electrons. The van der Waals surface area contributed by atoms with Gasteiger partial charge in [0.1, 0.15) is 5.75 Å². The average molecular weight is 475 g/mol. The molecular weight excluding hydrogens is 452 g/mol. The predicted molar refractivity (Wildman–Crippen MR) is 131 cm³/mol. The molecule has 1 heterocycles. The SMILES string of the molecule is CCOc1ccc(C(=O)/C=C\Nc2ccc(S(=O)(=O)Nc3cnc4ccccc4n3)cc2)cc1. The van der Waals surface area contributed by atoms with Gasteiger partial charge in [-0.05, 0) is 67.6 Å². The number of ketones is 1. The predicted octanol–water partition coefficient (Wildman–Crippen LogP) is 4.64. The fraction of sp³-hybridized carbons (Fsp3) is 0.0800. The van der Waals surface area contributed by atoms with Crippen molar-refractivity contribution in [3.05, 3.63) is 96.8 Å². The molecule has 3 aromatic carbocycles. The molecule has 0 aliphatic rings. The van der Waals surface area contributed by atoms with Crippen LogP contribution in [-0.4, -0.2) is 30.8 Å². The quantitative estimate of drug-likeness (QED) is 0.269. The fourth-order valence-corrected chi connectivity index (χ4v) is 4.11. The van der Waals surface area contributed by atoms with Crippen LogP contribution in [-0.2, 0) is 10.0 Å². The summed E-state index contributed by atoms with van der Waals surface area (Å²) >= 11 is 0. The molecule has 0 bridgehead atoms. The van der Waals surface area contributed by atoms with Gasteiger partial charge in [0.25, 0.3) is 10.0 Å². The molecule has 9 heteroatoms. The number of rotatable bonds is 9. The smallest absolute Gasteiger partial charge is 0.263 e. The van der Waals surface area contributed by atoms with E-state index in [2.05, 4.69) is 20.0 Å². The molecule has 8 nitrogen and oxygen atoms in total. The summed E-state index contributed by atoms with van der Waals surface area (Å²) in [4.78, 5) is 20.9. The highest BCUT2D eigenvalue weighted by Crippen LogP contribution is 2.19. The van der Waals surface area contributed by atoms with E-state index in [-0.39, 0.29) is 16.5 Å². The number of aromatic nitrogens is 2. The minimum absolute atomic E-state index is 0.0717. The first-order chi connectivity index (χ1) is 16.4. The normalized spacial score (nSPS) is 11.4. The largest absolute Gasteiger partial charge is 0.494 e. The van der Waals surface area contributed by atoms with Gasteiger partial charge in [0.2, 0.25) is 0 Å². The number of anilines is 2. The third-order valence-corrected chi connectivity index (χ3v) is 6.16. The van der Waals surface area contributed by atoms with Crippen molar-refractivity contribution in [1.29, 1.82) is 0 Å². The first-order valence-corrected chi connectivity index (χ1v) is 12.0. The van der Waals surface area contributed by atoms with Gasteiger partial charge in [0.15, 0.2) is 11.6 Å². The maximum atomic E-state index is 12.7. The van der Waals surface area contributed by atoms with Crippen molar-refractivity contribution in [2.45, 2.75) is 11.8 Å². The van der Waals surface area contributed by atoms with E-state index in [0.717, 1.165) is 0 Å². The Bertz CT molecular complexity index is 1430. The summed E-state index contributed by atoms with van der Waals surface area (Å²) in [5, 5.41) is 2.96. The number of carbonyl (C=O) groups excluding carboxylic acids is 1. The van der Waals surface area contributed by atoms with Crippen molar-refractivity contribution < 1.29 is 17.9 Å². The number of para-hydroxylation sites is 2. The Morgan fingerprint density at radius 1 is 0.971 bits per heavy atom. The Kier molecular flexibility index (Phi) is 6.84. The summed E-state index contributed by atoms with van der Waals surface area (Å²) in [6, 6.07) is 20.2. The van der Waals surface area contributed by atoms with Gasteiger partial charge in [0.05, 0.1) is 28.7 Å². The van der Waals surface area contributed by atoms with Crippen LogP contribution in [0.3, 0.4) is 0 Å². The molecule has 0 fully saturated rings. The topological polar surface area (TPSA) is 110 Å². The highest BCUT2D eigenvalue weighted by atomic mass is 32.2. The third-order valence-electron chi connectivity index (χ3n) is 4.79. The summed E-state index contributed by atoms with van der Waals surface area (Å²) in [6.45, 7) is 2.45. The standard InChI is InChI=1S/C25H22N4O4S/c1-2-33-20-11-7-18(8-12-20)24(30)15-16-26-19-9-13-21(14-10-19)34(31,32)29-25-17-27-22-5-3-4-6-23(22)28-25/h3-17,26H,2H2,1H3,(H,28,29)/b16-15-. The summed E-state index contributed by atoms with van der Waals surface area (Å²) in [5.74, 6) is 0.672. The summed E-state index contributed by atoms with van der Waals surface area (Å²) < 4.78 is 33.2. The third kappa shape index (κ3) is 5.57. The first-order valence-electron chi connectivity index (χ1n) is 10.5. The van der Waals surface area contributed by atoms with E-state index < -0.39 is 10.0 Å². The zero-order valence-electron chi connectivity index (χ0n) is 18.3. The highest BCUT2D eigenvalue weighted by molar-refractivity contribution is 7.92. The molecular formula is C25H22N4O4S. The monoisotopic (exact) mass is 474 g/mol. The van der Waals surface area contributed by atoms with Crippen molar-refractivity contribution in [1.82, 2.24) is 9.97 Å². The molecule has 0 aliphatic carbocycles. The Morgan fingerprint density at radius 2 is 1.68 bits per heavy atom. The molecule has 4 rings (SSSR count). The van der Waals surface area contributed by atoms with Crippen LogP contribution in [0.4, 0.5) is 11.5 Å². The van der Waals surface area contributed by atoms with Crippen LogP contribution in [0.1, 0.15) is 17.3 Å². The number of ether oxygens (including phenoxy) is 1. The van der Waals surface area contributed by atoms with Crippen LogP contribution in [0.2, 0.25) is 0 Å². The minimum Gasteiger partial charge on any atom is -0.494 e. The molecule has 0 amide bonds. The van der Waals surface area contributed by atoms with Crippen LogP contribution in [0.15, 0.2) is 96.2 Å². The van der Waals surface area contributed by atoms with Gasteiger partial charge in [0, 0.05) is 23.5 Å². The molecule has 2 N–H and O–H groups in total. The lowest BCUT2D eigenvalue weighted by atomic mass is 10.1. The summed E-state index contributed by atoms with van der Waals surface area (Å²) in [7, 11) is -3.84. The van der Waals surface area contributed by atoms with Crippen molar-refractivity contribution >= 4 is 38.3 Å². The van der Waals surface area contributed by atoms with Gasteiger partial charge in [-0.2, -0.15) is 0 Å². The molecule has 1 aromatic heterocycles. The average Bonchev–Trinajstić information content (AvgIpc) is 2.85. The van der Waals surface area contributed by atoms with E-state index in [1.807, 2.05) is 13.0 Å². The number of hydrogen-bond acceptors (Lipinski definition) is 7. The molecule has 0 aliphatic heterocycles. The van der Waals surface area contributed by atoms with E-state index in [0.29, 0.717) is 34.6 Å². The van der Waals surface area contributed by atoms with Crippen LogP contribution in [0.25, 0.3) is 11.0 Å². The Balaban J connectivity index is 1.38. The number of benzene rings is 3. The molecule has 34 heavy (non-hydrogen) atoms. The molecule has 0 saturated heterocycles. The summed E-state index contributed by atoms with van der Waals surface area (Å²) in [5.41, 5.74) is 2.43. The second-order valence-electron chi connectivity index (χ2n) is 7.17. The number of fused-ring (bicyclic) bond motifs is 1. The number of carbonyl (C=O) groups is 1. The fourth-order valence-electron chi connectivity index (χ4n) is 3.13. The zero-order valence-corrected chi connectivity index (χ0v) is 19.1. The Hall–Kier alpha value is -4.24. The van der Waals surface area contributed by atoms with E-state index in [9.17, 15) is 13.2 Å². The van der Waals surface area contributed by atoms with Crippen molar-refractivity contribution in [3.63, 3.8) is 0 Å². The highest BCUT2D eigenvalue weighted by Gasteiger charge is 2.15. The number of allylic oxidation sites excluding steroid dienone is 1. The number of nitrogens with one attached hydrogen (secondary N) is 2. The van der Waals surface area contributed by atoms with E-state index in [1.54, 1.807) is 54.6 Å². The lowest BCUT2D eigenvalue weighted by Crippen LogP contribution is -2.14. The van der Waals surface area contributed by atoms with Crippen molar-refractivity contribution in [3.8, 4) is 5.75 Å². The van der Waals surface area contributed by atoms with E-state index >= 15 is 0 Å². The second-order valence-corrected chi connectivity index (χ2v) is 8.86. The molecule has 0 atom stereocenters. The van der Waals surface area contributed by atoms with E-state index in [4.69, 9.17) is 4.74 Å². The number of nitrogens with zero attached hydrogens (tertiary/aromatic N) is 2. The van der Waals surface area contributed by atoms with Crippen LogP contribution >= 0.6 is 0 Å². The summed E-state index contributed by atoms with van der Waals surface area (Å²) in [6.07, 6.45) is 4.29. The second kappa shape index (κ2) is 10.1. The molecule has 0 saturated carbocycles. The first kappa shape index (κ1) is 22.9. The minimum atomic E-state index is -3.84. The van der Waals surface area contributed by atoms with Gasteiger partial charge in [-0.25, -0.2) is 13.4 Å². The maximum Gasteiger partial charge on any atom is 0.263 e. The van der Waals surface area contributed by atoms with Crippen molar-refractivity contribution in [2.75, 3.05) is 16.6 Å². The van der Waals surface area contributed by atoms with Gasteiger partial charge < -0.3 is 10.1 Å². The molecule has 0 spiro atoms. The van der Waals surface area contributed by atoms with Crippen LogP contribution in [0.5, 0.6) is 5.75 Å².